The maximum absolute atomic E-state index is 4.76. The Morgan fingerprint density at radius 2 is 1.31 bits per heavy atom. The highest BCUT2D eigenvalue weighted by Gasteiger charge is 2.11. The van der Waals surface area contributed by atoms with E-state index < -0.39 is 0 Å². The Kier molecular flexibility index (Phi) is 5.77. The summed E-state index contributed by atoms with van der Waals surface area (Å²) >= 11 is 3.49. The Bertz CT molecular complexity index is 1110. The van der Waals surface area contributed by atoms with Crippen LogP contribution in [0.3, 0.4) is 0 Å². The van der Waals surface area contributed by atoms with E-state index in [9.17, 15) is 0 Å². The smallest absolute Gasteiger partial charge is 0.235 e. The molecule has 1 heterocycles. The van der Waals surface area contributed by atoms with E-state index in [1.165, 1.54) is 0 Å². The second kappa shape index (κ2) is 8.80. The summed E-state index contributed by atoms with van der Waals surface area (Å²) in [4.78, 5) is 9.51. The molecule has 5 heteroatoms. The minimum atomic E-state index is 0.538. The van der Waals surface area contributed by atoms with Gasteiger partial charge in [0.25, 0.3) is 0 Å². The van der Waals surface area contributed by atoms with E-state index in [-0.39, 0.29) is 0 Å². The summed E-state index contributed by atoms with van der Waals surface area (Å²) in [5, 5.41) is 6.22. The molecule has 29 heavy (non-hydrogen) atoms. The number of nitrogens with zero attached hydrogens (tertiary/aromatic N) is 4. The number of hydrazone groups is 1. The van der Waals surface area contributed by atoms with E-state index >= 15 is 0 Å². The van der Waals surface area contributed by atoms with Gasteiger partial charge in [-0.05, 0) is 23.8 Å². The summed E-state index contributed by atoms with van der Waals surface area (Å²) < 4.78 is 1.03. The van der Waals surface area contributed by atoms with Crippen molar-refractivity contribution in [2.75, 3.05) is 12.1 Å². The lowest BCUT2D eigenvalue weighted by Crippen LogP contribution is -2.13. The van der Waals surface area contributed by atoms with Gasteiger partial charge in [0.1, 0.15) is 0 Å². The number of halogens is 1. The quantitative estimate of drug-likeness (QED) is 0.279. The summed E-state index contributed by atoms with van der Waals surface area (Å²) in [6.45, 7) is 0. The van der Waals surface area contributed by atoms with Crippen LogP contribution in [0.25, 0.3) is 22.5 Å². The monoisotopic (exact) mass is 442 g/mol. The zero-order valence-corrected chi connectivity index (χ0v) is 17.5. The van der Waals surface area contributed by atoms with Crippen molar-refractivity contribution in [2.45, 2.75) is 0 Å². The molecule has 0 unspecified atom stereocenters. The van der Waals surface area contributed by atoms with Crippen molar-refractivity contribution in [3.05, 3.63) is 101 Å². The Hall–Kier alpha value is -3.31. The van der Waals surface area contributed by atoms with Gasteiger partial charge in [-0.3, -0.25) is 0 Å². The van der Waals surface area contributed by atoms with Gasteiger partial charge in [0.2, 0.25) is 5.95 Å². The molecule has 0 saturated carbocycles. The lowest BCUT2D eigenvalue weighted by Gasteiger charge is -2.14. The van der Waals surface area contributed by atoms with Crippen molar-refractivity contribution >= 4 is 28.1 Å². The zero-order valence-electron chi connectivity index (χ0n) is 15.9. The van der Waals surface area contributed by atoms with Crippen LogP contribution in [0, 0.1) is 0 Å². The number of aromatic nitrogens is 2. The first-order valence-electron chi connectivity index (χ1n) is 9.22. The summed E-state index contributed by atoms with van der Waals surface area (Å²) in [6.07, 6.45) is 1.80. The molecule has 4 nitrogen and oxygen atoms in total. The fourth-order valence-electron chi connectivity index (χ4n) is 2.85. The van der Waals surface area contributed by atoms with Crippen LogP contribution < -0.4 is 5.01 Å². The molecule has 0 aliphatic carbocycles. The van der Waals surface area contributed by atoms with E-state index in [0.29, 0.717) is 5.95 Å². The zero-order chi connectivity index (χ0) is 20.1. The average molecular weight is 443 g/mol. The Balaban J connectivity index is 1.75. The first-order valence-corrected chi connectivity index (χ1v) is 10.0. The summed E-state index contributed by atoms with van der Waals surface area (Å²) in [6, 6.07) is 30.2. The van der Waals surface area contributed by atoms with Crippen molar-refractivity contribution in [1.82, 2.24) is 9.97 Å². The minimum Gasteiger partial charge on any atom is -0.235 e. The van der Waals surface area contributed by atoms with Gasteiger partial charge in [0, 0.05) is 22.6 Å². The molecule has 0 aliphatic rings. The molecule has 0 aliphatic heterocycles. The fourth-order valence-corrected chi connectivity index (χ4v) is 3.11. The van der Waals surface area contributed by atoms with Crippen LogP contribution in [0.1, 0.15) is 5.56 Å². The largest absolute Gasteiger partial charge is 0.247 e. The van der Waals surface area contributed by atoms with Gasteiger partial charge in [-0.25, -0.2) is 15.0 Å². The lowest BCUT2D eigenvalue weighted by molar-refractivity contribution is 0.938. The van der Waals surface area contributed by atoms with E-state index in [1.807, 2.05) is 98.0 Å². The Morgan fingerprint density at radius 3 is 1.93 bits per heavy atom. The van der Waals surface area contributed by atoms with E-state index in [4.69, 9.17) is 9.97 Å². The van der Waals surface area contributed by atoms with Gasteiger partial charge < -0.3 is 0 Å². The van der Waals surface area contributed by atoms with Crippen molar-refractivity contribution in [1.29, 1.82) is 0 Å². The summed E-state index contributed by atoms with van der Waals surface area (Å²) in [7, 11) is 1.86. The van der Waals surface area contributed by atoms with Crippen LogP contribution in [0.5, 0.6) is 0 Å². The van der Waals surface area contributed by atoms with Crippen molar-refractivity contribution in [3.8, 4) is 22.5 Å². The van der Waals surface area contributed by atoms with Crippen LogP contribution in [-0.4, -0.2) is 23.2 Å². The molecule has 0 radical (unpaired) electrons. The normalized spacial score (nSPS) is 11.0. The number of anilines is 1. The van der Waals surface area contributed by atoms with Crippen molar-refractivity contribution < 1.29 is 0 Å². The molecule has 142 valence electrons. The third-order valence-corrected chi connectivity index (χ3v) is 4.92. The first-order chi connectivity index (χ1) is 14.2. The number of hydrogen-bond acceptors (Lipinski definition) is 4. The second-order valence-electron chi connectivity index (χ2n) is 6.49. The average Bonchev–Trinajstić information content (AvgIpc) is 2.79. The molecule has 0 bridgehead atoms. The molecular weight excluding hydrogens is 424 g/mol. The maximum atomic E-state index is 4.76. The highest BCUT2D eigenvalue weighted by atomic mass is 79.9. The fraction of sp³-hybridized carbons (Fsp3) is 0.0417. The van der Waals surface area contributed by atoms with E-state index in [2.05, 4.69) is 21.0 Å². The van der Waals surface area contributed by atoms with Gasteiger partial charge in [-0.1, -0.05) is 88.7 Å². The van der Waals surface area contributed by atoms with Gasteiger partial charge in [0.15, 0.2) is 0 Å². The molecule has 0 N–H and O–H groups in total. The Labute approximate surface area is 178 Å². The van der Waals surface area contributed by atoms with Gasteiger partial charge in [0.05, 0.1) is 17.6 Å². The van der Waals surface area contributed by atoms with Crippen molar-refractivity contribution in [2.24, 2.45) is 5.10 Å². The van der Waals surface area contributed by atoms with Crippen LogP contribution in [0.4, 0.5) is 5.95 Å². The third kappa shape index (κ3) is 4.76. The summed E-state index contributed by atoms with van der Waals surface area (Å²) in [5.41, 5.74) is 4.79. The SMILES string of the molecule is CN(N=Cc1ccccc1)c1nc(-c2ccccc2)cc(-c2ccc(Br)cc2)n1. The predicted molar refractivity (Wildman–Crippen MR) is 123 cm³/mol. The molecular formula is C24H19BrN4. The molecule has 0 fully saturated rings. The molecule has 0 atom stereocenters. The summed E-state index contributed by atoms with van der Waals surface area (Å²) in [5.74, 6) is 0.538. The molecule has 0 amide bonds. The third-order valence-electron chi connectivity index (χ3n) is 4.39. The van der Waals surface area contributed by atoms with Crippen LogP contribution in [0.15, 0.2) is 101 Å². The molecule has 3 aromatic carbocycles. The van der Waals surface area contributed by atoms with Gasteiger partial charge in [-0.2, -0.15) is 5.10 Å². The van der Waals surface area contributed by atoms with Gasteiger partial charge >= 0.3 is 0 Å². The molecule has 4 aromatic rings. The number of benzene rings is 3. The van der Waals surface area contributed by atoms with Crippen LogP contribution >= 0.6 is 15.9 Å². The highest BCUT2D eigenvalue weighted by Crippen LogP contribution is 2.27. The molecule has 4 rings (SSSR count). The van der Waals surface area contributed by atoms with Crippen LogP contribution in [0.2, 0.25) is 0 Å². The minimum absolute atomic E-state index is 0.538. The predicted octanol–water partition coefficient (Wildman–Crippen LogP) is 6.04. The standard InChI is InChI=1S/C24H19BrN4/c1-29(26-17-18-8-4-2-5-9-18)24-27-22(19-10-6-3-7-11-19)16-23(28-24)20-12-14-21(25)15-13-20/h2-17H,1H3. The highest BCUT2D eigenvalue weighted by molar-refractivity contribution is 9.10. The molecule has 0 spiro atoms. The van der Waals surface area contributed by atoms with E-state index in [1.54, 1.807) is 11.2 Å². The van der Waals surface area contributed by atoms with Gasteiger partial charge in [-0.15, -0.1) is 0 Å². The lowest BCUT2D eigenvalue weighted by atomic mass is 10.1. The number of hydrogen-bond donors (Lipinski definition) is 0. The second-order valence-corrected chi connectivity index (χ2v) is 7.41. The van der Waals surface area contributed by atoms with Crippen molar-refractivity contribution in [3.63, 3.8) is 0 Å². The molecule has 0 saturated heterocycles. The Morgan fingerprint density at radius 1 is 0.759 bits per heavy atom. The topological polar surface area (TPSA) is 41.4 Å². The molecule has 1 aromatic heterocycles. The maximum Gasteiger partial charge on any atom is 0.247 e. The number of rotatable bonds is 5. The van der Waals surface area contributed by atoms with E-state index in [0.717, 1.165) is 32.6 Å². The van der Waals surface area contributed by atoms with Crippen LogP contribution in [-0.2, 0) is 0 Å². The first kappa shape index (κ1) is 19.0.